The first kappa shape index (κ1) is 18.1. The van der Waals surface area contributed by atoms with Gasteiger partial charge in [0.15, 0.2) is 0 Å². The van der Waals surface area contributed by atoms with Crippen molar-refractivity contribution in [1.82, 2.24) is 0 Å². The van der Waals surface area contributed by atoms with Gasteiger partial charge in [0.1, 0.15) is 5.75 Å². The molecule has 0 aliphatic carbocycles. The fourth-order valence-corrected chi connectivity index (χ4v) is 2.84. The molecule has 2 aromatic rings. The molecule has 0 heterocycles. The van der Waals surface area contributed by atoms with E-state index >= 15 is 0 Å². The van der Waals surface area contributed by atoms with E-state index in [1.807, 2.05) is 18.2 Å². The second-order valence-corrected chi connectivity index (χ2v) is 6.11. The third-order valence-electron chi connectivity index (χ3n) is 2.96. The van der Waals surface area contributed by atoms with E-state index < -0.39 is 10.9 Å². The van der Waals surface area contributed by atoms with E-state index in [0.29, 0.717) is 16.5 Å². The minimum Gasteiger partial charge on any atom is -0.496 e. The molecule has 126 valence electrons. The average Bonchev–Trinajstić information content (AvgIpc) is 2.55. The number of hydrogen-bond donors (Lipinski definition) is 0. The molecule has 0 spiro atoms. The quantitative estimate of drug-likeness (QED) is 0.317. The van der Waals surface area contributed by atoms with Gasteiger partial charge in [-0.3, -0.25) is 14.9 Å². The lowest BCUT2D eigenvalue weighted by Crippen LogP contribution is -2.12. The number of carbonyl (C=O) groups is 1. The van der Waals surface area contributed by atoms with Gasteiger partial charge in [-0.05, 0) is 29.8 Å². The molecule has 0 saturated carbocycles. The summed E-state index contributed by atoms with van der Waals surface area (Å²) < 4.78 is 10.0. The maximum atomic E-state index is 11.9. The molecule has 8 heteroatoms. The van der Waals surface area contributed by atoms with Crippen LogP contribution in [0.3, 0.4) is 0 Å². The minimum atomic E-state index is -0.621. The number of hydrogen-bond acceptors (Lipinski definition) is 6. The minimum absolute atomic E-state index is 0.0652. The summed E-state index contributed by atoms with van der Waals surface area (Å²) in [6.07, 6.45) is 0. The lowest BCUT2D eigenvalue weighted by Gasteiger charge is -2.07. The molecule has 24 heavy (non-hydrogen) atoms. The summed E-state index contributed by atoms with van der Waals surface area (Å²) in [5.41, 5.74) is 0.665. The molecule has 0 radical (unpaired) electrons. The maximum absolute atomic E-state index is 11.9. The molecule has 0 amide bonds. The summed E-state index contributed by atoms with van der Waals surface area (Å²) in [5, 5.41) is 11.7. The Morgan fingerprint density at radius 3 is 2.75 bits per heavy atom. The summed E-state index contributed by atoms with van der Waals surface area (Å²) in [7, 11) is 1.40. The monoisotopic (exact) mass is 367 g/mol. The van der Waals surface area contributed by atoms with Gasteiger partial charge in [-0.25, -0.2) is 0 Å². The molecule has 0 aliphatic rings. The van der Waals surface area contributed by atoms with Crippen molar-refractivity contribution in [3.63, 3.8) is 0 Å². The van der Waals surface area contributed by atoms with Crippen LogP contribution in [0.4, 0.5) is 5.69 Å². The molecule has 2 aromatic carbocycles. The smallest absolute Gasteiger partial charge is 0.321 e. The van der Waals surface area contributed by atoms with Gasteiger partial charge in [0.25, 0.3) is 0 Å². The number of nitro groups is 1. The van der Waals surface area contributed by atoms with Gasteiger partial charge >= 0.3 is 11.7 Å². The summed E-state index contributed by atoms with van der Waals surface area (Å²) in [6.45, 7) is 0. The summed E-state index contributed by atoms with van der Waals surface area (Å²) >= 11 is 7.23. The number of nitrogens with zero attached hydrogens (tertiary/aromatic N) is 1. The lowest BCUT2D eigenvalue weighted by atomic mass is 10.2. The highest BCUT2D eigenvalue weighted by atomic mass is 35.5. The number of esters is 1. The predicted molar refractivity (Wildman–Crippen MR) is 92.9 cm³/mol. The van der Waals surface area contributed by atoms with Crippen LogP contribution in [0.2, 0.25) is 5.02 Å². The predicted octanol–water partition coefficient (Wildman–Crippen LogP) is 4.10. The van der Waals surface area contributed by atoms with Crippen LogP contribution in [0.1, 0.15) is 5.56 Å². The standard InChI is InChI=1S/C16H14ClNO5S/c1-22-13-5-6-15(14(8-13)18(20)21)23-16(19)10-24-9-11-3-2-4-12(17)7-11/h2-8H,9-10H2,1H3. The summed E-state index contributed by atoms with van der Waals surface area (Å²) in [6, 6.07) is 11.4. The third kappa shape index (κ3) is 5.14. The molecular formula is C16H14ClNO5S. The summed E-state index contributed by atoms with van der Waals surface area (Å²) in [4.78, 5) is 22.3. The maximum Gasteiger partial charge on any atom is 0.321 e. The largest absolute Gasteiger partial charge is 0.496 e. The van der Waals surface area contributed by atoms with E-state index in [1.54, 1.807) is 6.07 Å². The number of halogens is 1. The van der Waals surface area contributed by atoms with Gasteiger partial charge in [-0.2, -0.15) is 0 Å². The van der Waals surface area contributed by atoms with Crippen LogP contribution in [0.25, 0.3) is 0 Å². The molecule has 0 unspecified atom stereocenters. The number of benzene rings is 2. The second-order valence-electron chi connectivity index (χ2n) is 4.69. The van der Waals surface area contributed by atoms with Crippen molar-refractivity contribution in [1.29, 1.82) is 0 Å². The van der Waals surface area contributed by atoms with Gasteiger partial charge in [-0.1, -0.05) is 23.7 Å². The Morgan fingerprint density at radius 2 is 2.08 bits per heavy atom. The number of thioether (sulfide) groups is 1. The van der Waals surface area contributed by atoms with Crippen molar-refractivity contribution >= 4 is 35.0 Å². The number of ether oxygens (including phenoxy) is 2. The topological polar surface area (TPSA) is 78.7 Å². The number of rotatable bonds is 7. The molecular weight excluding hydrogens is 354 g/mol. The highest BCUT2D eigenvalue weighted by Crippen LogP contribution is 2.31. The van der Waals surface area contributed by atoms with Crippen molar-refractivity contribution in [3.05, 3.63) is 63.2 Å². The highest BCUT2D eigenvalue weighted by molar-refractivity contribution is 7.99. The van der Waals surface area contributed by atoms with E-state index in [2.05, 4.69) is 0 Å². The van der Waals surface area contributed by atoms with Crippen molar-refractivity contribution < 1.29 is 19.2 Å². The van der Waals surface area contributed by atoms with Gasteiger partial charge < -0.3 is 9.47 Å². The van der Waals surface area contributed by atoms with Crippen LogP contribution in [0, 0.1) is 10.1 Å². The SMILES string of the molecule is COc1ccc(OC(=O)CSCc2cccc(Cl)c2)c([N+](=O)[O-])c1. The Hall–Kier alpha value is -2.25. The van der Waals surface area contributed by atoms with Crippen molar-refractivity contribution in [3.8, 4) is 11.5 Å². The fraction of sp³-hybridized carbons (Fsp3) is 0.188. The van der Waals surface area contributed by atoms with Crippen LogP contribution < -0.4 is 9.47 Å². The van der Waals surface area contributed by atoms with Gasteiger partial charge in [-0.15, -0.1) is 11.8 Å². The average molecular weight is 368 g/mol. The summed E-state index contributed by atoms with van der Waals surface area (Å²) in [5.74, 6) is 0.303. The number of carbonyl (C=O) groups excluding carboxylic acids is 1. The highest BCUT2D eigenvalue weighted by Gasteiger charge is 2.19. The molecule has 2 rings (SSSR count). The first-order chi connectivity index (χ1) is 11.5. The fourth-order valence-electron chi connectivity index (χ4n) is 1.88. The normalized spacial score (nSPS) is 10.2. The Kier molecular flexibility index (Phi) is 6.45. The Morgan fingerprint density at radius 1 is 1.29 bits per heavy atom. The number of methoxy groups -OCH3 is 1. The molecule has 0 saturated heterocycles. The number of nitro benzene ring substituents is 1. The molecule has 0 bridgehead atoms. The van der Waals surface area contributed by atoms with Crippen LogP contribution in [0.5, 0.6) is 11.5 Å². The van der Waals surface area contributed by atoms with E-state index in [9.17, 15) is 14.9 Å². The van der Waals surface area contributed by atoms with Gasteiger partial charge in [0.05, 0.1) is 23.9 Å². The third-order valence-corrected chi connectivity index (χ3v) is 4.18. The zero-order valence-corrected chi connectivity index (χ0v) is 14.3. The van der Waals surface area contributed by atoms with Crippen molar-refractivity contribution in [2.45, 2.75) is 5.75 Å². The van der Waals surface area contributed by atoms with Gasteiger partial charge in [0, 0.05) is 10.8 Å². The van der Waals surface area contributed by atoms with E-state index in [0.717, 1.165) is 5.56 Å². The molecule has 6 nitrogen and oxygen atoms in total. The van der Waals surface area contributed by atoms with Crippen LogP contribution in [-0.2, 0) is 10.5 Å². The first-order valence-electron chi connectivity index (χ1n) is 6.85. The van der Waals surface area contributed by atoms with Crippen LogP contribution in [-0.4, -0.2) is 23.8 Å². The molecule has 0 atom stereocenters. The van der Waals surface area contributed by atoms with E-state index in [1.165, 1.54) is 37.1 Å². The van der Waals surface area contributed by atoms with Crippen LogP contribution >= 0.6 is 23.4 Å². The zero-order chi connectivity index (χ0) is 17.5. The molecule has 0 N–H and O–H groups in total. The Labute approximate surface area is 147 Å². The van der Waals surface area contributed by atoms with Crippen LogP contribution in [0.15, 0.2) is 42.5 Å². The van der Waals surface area contributed by atoms with Crippen molar-refractivity contribution in [2.24, 2.45) is 0 Å². The Balaban J connectivity index is 1.93. The van der Waals surface area contributed by atoms with Gasteiger partial charge in [0.2, 0.25) is 5.75 Å². The van der Waals surface area contributed by atoms with E-state index in [-0.39, 0.29) is 17.2 Å². The van der Waals surface area contributed by atoms with E-state index in [4.69, 9.17) is 21.1 Å². The molecule has 0 aliphatic heterocycles. The Bertz CT molecular complexity index is 753. The molecule has 0 fully saturated rings. The van der Waals surface area contributed by atoms with Crippen molar-refractivity contribution in [2.75, 3.05) is 12.9 Å². The zero-order valence-electron chi connectivity index (χ0n) is 12.7. The lowest BCUT2D eigenvalue weighted by molar-refractivity contribution is -0.385. The second kappa shape index (κ2) is 8.56. The molecule has 0 aromatic heterocycles. The first-order valence-corrected chi connectivity index (χ1v) is 8.38.